The average Bonchev–Trinajstić information content (AvgIpc) is 2.04. The van der Waals surface area contributed by atoms with Gasteiger partial charge in [-0.25, -0.2) is 0 Å². The van der Waals surface area contributed by atoms with Gasteiger partial charge in [-0.1, -0.05) is 12.2 Å². The summed E-state index contributed by atoms with van der Waals surface area (Å²) in [4.78, 5) is 0. The van der Waals surface area contributed by atoms with Gasteiger partial charge in [-0.05, 0) is 27.2 Å². The third-order valence-corrected chi connectivity index (χ3v) is 1.85. The van der Waals surface area contributed by atoms with Crippen molar-refractivity contribution >= 4 is 0 Å². The second-order valence-electron chi connectivity index (χ2n) is 3.36. The summed E-state index contributed by atoms with van der Waals surface area (Å²) in [6.45, 7) is 7.57. The number of hydrogen-bond acceptors (Lipinski definition) is 2. The zero-order valence-electron chi connectivity index (χ0n) is 8.59. The summed E-state index contributed by atoms with van der Waals surface area (Å²) in [5, 5.41) is 0. The number of hydrogen-bond donors (Lipinski definition) is 0. The van der Waals surface area contributed by atoms with Gasteiger partial charge in [0.1, 0.15) is 0 Å². The van der Waals surface area contributed by atoms with E-state index in [9.17, 15) is 0 Å². The molecule has 0 aromatic carbocycles. The van der Waals surface area contributed by atoms with E-state index in [0.29, 0.717) is 6.61 Å². The van der Waals surface area contributed by atoms with Crippen molar-refractivity contribution in [2.24, 2.45) is 0 Å². The third kappa shape index (κ3) is 6.38. The molecule has 0 rings (SSSR count). The van der Waals surface area contributed by atoms with Crippen molar-refractivity contribution in [2.75, 3.05) is 20.3 Å². The van der Waals surface area contributed by atoms with Crippen LogP contribution in [0.2, 0.25) is 0 Å². The van der Waals surface area contributed by atoms with Gasteiger partial charge in [0.2, 0.25) is 0 Å². The van der Waals surface area contributed by atoms with Gasteiger partial charge in [0.05, 0.1) is 12.2 Å². The Morgan fingerprint density at radius 3 is 2.50 bits per heavy atom. The monoisotopic (exact) mass is 172 g/mol. The number of allylic oxidation sites excluding steroid dienone is 1. The lowest BCUT2D eigenvalue weighted by atomic mass is 10.1. The molecule has 2 heteroatoms. The minimum absolute atomic E-state index is 0.0596. The van der Waals surface area contributed by atoms with Crippen LogP contribution < -0.4 is 0 Å². The van der Waals surface area contributed by atoms with Crippen LogP contribution in [0.4, 0.5) is 0 Å². The summed E-state index contributed by atoms with van der Waals surface area (Å²) in [6.07, 6.45) is 4.92. The summed E-state index contributed by atoms with van der Waals surface area (Å²) in [5.41, 5.74) is -0.0596. The second kappa shape index (κ2) is 6.21. The van der Waals surface area contributed by atoms with Crippen molar-refractivity contribution in [3.8, 4) is 0 Å². The van der Waals surface area contributed by atoms with Crippen LogP contribution in [0.5, 0.6) is 0 Å². The Morgan fingerprint density at radius 2 is 2.00 bits per heavy atom. The Labute approximate surface area is 75.6 Å². The molecule has 0 aliphatic heterocycles. The van der Waals surface area contributed by atoms with E-state index in [4.69, 9.17) is 9.47 Å². The maximum absolute atomic E-state index is 5.34. The highest BCUT2D eigenvalue weighted by Gasteiger charge is 2.14. The molecule has 0 N–H and O–H groups in total. The highest BCUT2D eigenvalue weighted by Crippen LogP contribution is 2.12. The van der Waals surface area contributed by atoms with E-state index in [1.165, 1.54) is 0 Å². The second-order valence-corrected chi connectivity index (χ2v) is 3.36. The van der Waals surface area contributed by atoms with Gasteiger partial charge >= 0.3 is 0 Å². The van der Waals surface area contributed by atoms with Crippen LogP contribution >= 0.6 is 0 Å². The zero-order chi connectivity index (χ0) is 9.45. The molecule has 0 saturated heterocycles. The van der Waals surface area contributed by atoms with E-state index in [2.05, 4.69) is 13.8 Å². The Balaban J connectivity index is 3.30. The number of methoxy groups -OCH3 is 1. The minimum Gasteiger partial charge on any atom is -0.379 e. The molecule has 0 aliphatic rings. The molecule has 0 saturated carbocycles. The van der Waals surface area contributed by atoms with Crippen LogP contribution in [0.3, 0.4) is 0 Å². The van der Waals surface area contributed by atoms with Gasteiger partial charge in [0.15, 0.2) is 0 Å². The molecule has 0 aromatic heterocycles. The van der Waals surface area contributed by atoms with Crippen LogP contribution in [0.25, 0.3) is 0 Å². The van der Waals surface area contributed by atoms with Crippen LogP contribution in [0.1, 0.15) is 27.2 Å². The maximum atomic E-state index is 5.34. The van der Waals surface area contributed by atoms with Crippen molar-refractivity contribution in [3.05, 3.63) is 12.2 Å². The molecule has 72 valence electrons. The molecule has 12 heavy (non-hydrogen) atoms. The van der Waals surface area contributed by atoms with Crippen molar-refractivity contribution in [3.63, 3.8) is 0 Å². The fraction of sp³-hybridized carbons (Fsp3) is 0.800. The number of ether oxygens (including phenoxy) is 2. The van der Waals surface area contributed by atoms with Crippen molar-refractivity contribution in [1.82, 2.24) is 0 Å². The molecule has 0 unspecified atom stereocenters. The van der Waals surface area contributed by atoms with Crippen LogP contribution in [0, 0.1) is 0 Å². The predicted molar refractivity (Wildman–Crippen MR) is 51.3 cm³/mol. The van der Waals surface area contributed by atoms with E-state index >= 15 is 0 Å². The van der Waals surface area contributed by atoms with E-state index in [1.807, 2.05) is 19.1 Å². The fourth-order valence-electron chi connectivity index (χ4n) is 0.668. The molecule has 0 spiro atoms. The first-order valence-corrected chi connectivity index (χ1v) is 4.36. The topological polar surface area (TPSA) is 18.5 Å². The normalized spacial score (nSPS) is 12.7. The van der Waals surface area contributed by atoms with Crippen LogP contribution in [-0.2, 0) is 9.47 Å². The lowest BCUT2D eigenvalue weighted by Gasteiger charge is -2.22. The van der Waals surface area contributed by atoms with Crippen molar-refractivity contribution in [2.45, 2.75) is 32.8 Å². The van der Waals surface area contributed by atoms with E-state index in [0.717, 1.165) is 13.0 Å². The van der Waals surface area contributed by atoms with Gasteiger partial charge in [0, 0.05) is 13.7 Å². The quantitative estimate of drug-likeness (QED) is 0.452. The Morgan fingerprint density at radius 1 is 1.33 bits per heavy atom. The standard InChI is InChI=1S/C10H20O2/c1-5-6-8-12-9-7-10(2,3)11-4/h5-6H,7-9H2,1-4H3. The van der Waals surface area contributed by atoms with Gasteiger partial charge in [-0.3, -0.25) is 0 Å². The molecule has 0 heterocycles. The Kier molecular flexibility index (Phi) is 6.03. The lowest BCUT2D eigenvalue weighted by Crippen LogP contribution is -2.24. The predicted octanol–water partition coefficient (Wildman–Crippen LogP) is 2.39. The molecule has 0 atom stereocenters. The molecule has 2 nitrogen and oxygen atoms in total. The van der Waals surface area contributed by atoms with Gasteiger partial charge < -0.3 is 9.47 Å². The fourth-order valence-corrected chi connectivity index (χ4v) is 0.668. The van der Waals surface area contributed by atoms with Crippen LogP contribution in [-0.4, -0.2) is 25.9 Å². The Bertz CT molecular complexity index is 128. The zero-order valence-corrected chi connectivity index (χ0v) is 8.59. The van der Waals surface area contributed by atoms with Crippen molar-refractivity contribution < 1.29 is 9.47 Å². The first-order valence-electron chi connectivity index (χ1n) is 4.36. The summed E-state index contributed by atoms with van der Waals surface area (Å²) >= 11 is 0. The molecule has 0 fully saturated rings. The van der Waals surface area contributed by atoms with E-state index in [1.54, 1.807) is 7.11 Å². The first kappa shape index (κ1) is 11.7. The summed E-state index contributed by atoms with van der Waals surface area (Å²) < 4.78 is 10.6. The largest absolute Gasteiger partial charge is 0.379 e. The smallest absolute Gasteiger partial charge is 0.0647 e. The summed E-state index contributed by atoms with van der Waals surface area (Å²) in [7, 11) is 1.73. The van der Waals surface area contributed by atoms with Crippen LogP contribution in [0.15, 0.2) is 12.2 Å². The molecule has 0 amide bonds. The molecule has 0 radical (unpaired) electrons. The Hall–Kier alpha value is -0.340. The lowest BCUT2D eigenvalue weighted by molar-refractivity contribution is -0.00654. The minimum atomic E-state index is -0.0596. The summed E-state index contributed by atoms with van der Waals surface area (Å²) in [6, 6.07) is 0. The maximum Gasteiger partial charge on any atom is 0.0647 e. The van der Waals surface area contributed by atoms with E-state index < -0.39 is 0 Å². The molecule has 0 bridgehead atoms. The highest BCUT2D eigenvalue weighted by atomic mass is 16.5. The molecular formula is C10H20O2. The first-order chi connectivity index (χ1) is 5.62. The average molecular weight is 172 g/mol. The van der Waals surface area contributed by atoms with Gasteiger partial charge in [0.25, 0.3) is 0 Å². The SMILES string of the molecule is CC=CCOCCC(C)(C)OC. The van der Waals surface area contributed by atoms with Gasteiger partial charge in [-0.2, -0.15) is 0 Å². The highest BCUT2D eigenvalue weighted by molar-refractivity contribution is 4.76. The molecular weight excluding hydrogens is 152 g/mol. The molecule has 0 aliphatic carbocycles. The molecule has 0 aromatic rings. The summed E-state index contributed by atoms with van der Waals surface area (Å²) in [5.74, 6) is 0. The number of rotatable bonds is 6. The van der Waals surface area contributed by atoms with E-state index in [-0.39, 0.29) is 5.60 Å². The van der Waals surface area contributed by atoms with Gasteiger partial charge in [-0.15, -0.1) is 0 Å². The third-order valence-electron chi connectivity index (χ3n) is 1.85. The van der Waals surface area contributed by atoms with Crippen molar-refractivity contribution in [1.29, 1.82) is 0 Å².